The van der Waals surface area contributed by atoms with Gasteiger partial charge in [-0.2, -0.15) is 0 Å². The molecule has 1 aromatic rings. The van der Waals surface area contributed by atoms with Gasteiger partial charge in [-0.1, -0.05) is 12.1 Å². The Bertz CT molecular complexity index is 1270. The highest BCUT2D eigenvalue weighted by molar-refractivity contribution is 6.05. The maximum absolute atomic E-state index is 15.6. The van der Waals surface area contributed by atoms with Gasteiger partial charge in [0.25, 0.3) is 5.91 Å². The van der Waals surface area contributed by atoms with Crippen LogP contribution < -0.4 is 5.32 Å². The molecule has 43 heavy (non-hydrogen) atoms. The number of fused-ring (bicyclic) bond motifs is 1. The van der Waals surface area contributed by atoms with Crippen molar-refractivity contribution in [3.8, 4) is 0 Å². The molecule has 4 fully saturated rings. The number of alkyl halides is 1. The summed E-state index contributed by atoms with van der Waals surface area (Å²) in [6, 6.07) is 5.24. The van der Waals surface area contributed by atoms with Crippen LogP contribution in [-0.4, -0.2) is 101 Å². The number of imide groups is 1. The molecule has 4 amide bonds. The van der Waals surface area contributed by atoms with Gasteiger partial charge in [-0.25, -0.2) is 9.18 Å². The smallest absolute Gasteiger partial charge is 0.410 e. The summed E-state index contributed by atoms with van der Waals surface area (Å²) in [4.78, 5) is 54.8. The first-order valence-corrected chi connectivity index (χ1v) is 15.7. The van der Waals surface area contributed by atoms with Gasteiger partial charge in [-0.3, -0.25) is 24.6 Å². The second kappa shape index (κ2) is 11.8. The average Bonchev–Trinajstić information content (AvgIpc) is 3.25. The van der Waals surface area contributed by atoms with Gasteiger partial charge in [0.1, 0.15) is 17.8 Å². The van der Waals surface area contributed by atoms with Crippen LogP contribution >= 0.6 is 0 Å². The highest BCUT2D eigenvalue weighted by Crippen LogP contribution is 2.38. The number of ether oxygens (including phenoxy) is 2. The number of likely N-dealkylation sites (tertiary alicyclic amines) is 2. The van der Waals surface area contributed by atoms with Crippen LogP contribution in [0.15, 0.2) is 18.2 Å². The molecule has 11 heteroatoms. The fraction of sp³-hybridized carbons (Fsp3) is 0.688. The zero-order chi connectivity index (χ0) is 30.5. The summed E-state index contributed by atoms with van der Waals surface area (Å²) in [6.07, 6.45) is 3.70. The third-order valence-corrected chi connectivity index (χ3v) is 9.61. The Hall–Kier alpha value is -3.05. The van der Waals surface area contributed by atoms with Crippen LogP contribution in [0.25, 0.3) is 0 Å². The van der Waals surface area contributed by atoms with E-state index in [1.54, 1.807) is 11.0 Å². The van der Waals surface area contributed by atoms with Gasteiger partial charge in [-0.05, 0) is 83.0 Å². The molecule has 234 valence electrons. The minimum absolute atomic E-state index is 0.141. The number of hydrogen-bond donors (Lipinski definition) is 1. The zero-order valence-electron chi connectivity index (χ0n) is 25.4. The monoisotopic (exact) mass is 598 g/mol. The Morgan fingerprint density at radius 2 is 1.74 bits per heavy atom. The fourth-order valence-electron chi connectivity index (χ4n) is 7.18. The van der Waals surface area contributed by atoms with E-state index in [-0.39, 0.29) is 42.5 Å². The van der Waals surface area contributed by atoms with Crippen molar-refractivity contribution in [2.24, 2.45) is 0 Å². The molecule has 4 heterocycles. The number of carbonyl (C=O) groups is 4. The average molecular weight is 599 g/mol. The number of carbonyl (C=O) groups excluding carboxylic acids is 4. The molecule has 3 atom stereocenters. The zero-order valence-corrected chi connectivity index (χ0v) is 25.4. The summed E-state index contributed by atoms with van der Waals surface area (Å²) >= 11 is 0. The van der Waals surface area contributed by atoms with Gasteiger partial charge in [0.05, 0.1) is 12.2 Å². The number of halogens is 1. The van der Waals surface area contributed by atoms with Gasteiger partial charge in [0.15, 0.2) is 0 Å². The predicted molar refractivity (Wildman–Crippen MR) is 155 cm³/mol. The summed E-state index contributed by atoms with van der Waals surface area (Å²) in [7, 11) is 0. The molecule has 0 bridgehead atoms. The number of hydrogen-bond acceptors (Lipinski definition) is 7. The third kappa shape index (κ3) is 6.43. The van der Waals surface area contributed by atoms with Gasteiger partial charge >= 0.3 is 6.09 Å². The topological polar surface area (TPSA) is 108 Å². The molecule has 6 rings (SSSR count). The molecule has 1 N–H and O–H groups in total. The van der Waals surface area contributed by atoms with Crippen molar-refractivity contribution < 1.29 is 33.0 Å². The number of rotatable bonds is 5. The SMILES string of the molecule is CC(C)(C)OC(=O)N1CCC(OC2CC(N3CC[C@@H](c4ccc5c(c4)CN([C@@H]4CCC(=O)NC4=O)C5=O)[C@@H](F)C3)C2)CC1. The minimum atomic E-state index is -1.01. The normalized spacial score (nSPS) is 30.6. The van der Waals surface area contributed by atoms with Gasteiger partial charge in [-0.15, -0.1) is 0 Å². The summed E-state index contributed by atoms with van der Waals surface area (Å²) < 4.78 is 27.4. The molecule has 0 radical (unpaired) electrons. The summed E-state index contributed by atoms with van der Waals surface area (Å²) in [6.45, 7) is 8.39. The van der Waals surface area contributed by atoms with Crippen LogP contribution in [0.2, 0.25) is 0 Å². The van der Waals surface area contributed by atoms with E-state index in [9.17, 15) is 19.2 Å². The second-order valence-corrected chi connectivity index (χ2v) is 13.8. The van der Waals surface area contributed by atoms with E-state index >= 15 is 4.39 Å². The second-order valence-electron chi connectivity index (χ2n) is 13.8. The van der Waals surface area contributed by atoms with Crippen LogP contribution in [0, 0.1) is 0 Å². The Kier molecular flexibility index (Phi) is 8.23. The van der Waals surface area contributed by atoms with E-state index in [4.69, 9.17) is 9.47 Å². The van der Waals surface area contributed by atoms with Crippen LogP contribution in [0.4, 0.5) is 9.18 Å². The van der Waals surface area contributed by atoms with E-state index in [0.717, 1.165) is 43.4 Å². The lowest BCUT2D eigenvalue weighted by molar-refractivity contribution is -0.136. The largest absolute Gasteiger partial charge is 0.444 e. The van der Waals surface area contributed by atoms with E-state index < -0.39 is 23.7 Å². The van der Waals surface area contributed by atoms with E-state index in [1.165, 1.54) is 4.90 Å². The van der Waals surface area contributed by atoms with Gasteiger partial charge in [0, 0.05) is 50.1 Å². The fourth-order valence-corrected chi connectivity index (χ4v) is 7.18. The molecule has 0 aromatic heterocycles. The van der Waals surface area contributed by atoms with Gasteiger partial charge in [0.2, 0.25) is 11.8 Å². The molecule has 3 saturated heterocycles. The van der Waals surface area contributed by atoms with Gasteiger partial charge < -0.3 is 19.3 Å². The lowest BCUT2D eigenvalue weighted by Crippen LogP contribution is -2.54. The molecule has 0 spiro atoms. The number of benzene rings is 1. The highest BCUT2D eigenvalue weighted by Gasteiger charge is 2.42. The maximum Gasteiger partial charge on any atom is 0.410 e. The lowest BCUT2D eigenvalue weighted by Gasteiger charge is -2.47. The van der Waals surface area contributed by atoms with Crippen molar-refractivity contribution in [3.63, 3.8) is 0 Å². The predicted octanol–water partition coefficient (Wildman–Crippen LogP) is 3.52. The first kappa shape index (κ1) is 30.0. The first-order valence-electron chi connectivity index (χ1n) is 15.7. The van der Waals surface area contributed by atoms with Crippen molar-refractivity contribution in [1.82, 2.24) is 20.0 Å². The van der Waals surface area contributed by atoms with Crippen molar-refractivity contribution in [3.05, 3.63) is 34.9 Å². The van der Waals surface area contributed by atoms with E-state index in [0.29, 0.717) is 50.6 Å². The Labute approximate surface area is 252 Å². The maximum atomic E-state index is 15.6. The molecule has 1 aliphatic carbocycles. The highest BCUT2D eigenvalue weighted by atomic mass is 19.1. The number of nitrogens with one attached hydrogen (secondary N) is 1. The number of amides is 4. The molecular weight excluding hydrogens is 555 g/mol. The van der Waals surface area contributed by atoms with Crippen LogP contribution in [0.1, 0.15) is 93.1 Å². The van der Waals surface area contributed by atoms with Crippen molar-refractivity contribution >= 4 is 23.8 Å². The third-order valence-electron chi connectivity index (χ3n) is 9.61. The molecule has 1 aromatic carbocycles. The standard InChI is InChI=1S/C32H43FN4O6/c1-32(2,3)43-31(41)35-11-8-22(9-12-35)42-23-15-21(16-23)36-13-10-24(26(33)18-36)19-4-5-25-20(14-19)17-37(30(25)40)27-6-7-28(38)34-29(27)39/h4-5,14,21-24,26-27H,6-13,15-18H2,1-3H3,(H,34,38,39)/t21?,23?,24-,26-,27+/m0/s1. The quantitative estimate of drug-likeness (QED) is 0.517. The molecular formula is C32H43FN4O6. The minimum Gasteiger partial charge on any atom is -0.444 e. The summed E-state index contributed by atoms with van der Waals surface area (Å²) in [5, 5.41) is 2.33. The lowest BCUT2D eigenvalue weighted by atomic mass is 9.82. The van der Waals surface area contributed by atoms with Crippen molar-refractivity contribution in [1.29, 1.82) is 0 Å². The Morgan fingerprint density at radius 3 is 2.42 bits per heavy atom. The Morgan fingerprint density at radius 1 is 1.00 bits per heavy atom. The first-order chi connectivity index (χ1) is 20.4. The molecule has 10 nitrogen and oxygen atoms in total. The van der Waals surface area contributed by atoms with Crippen molar-refractivity contribution in [2.45, 2.75) is 114 Å². The molecule has 4 aliphatic heterocycles. The number of piperidine rings is 3. The van der Waals surface area contributed by atoms with Crippen LogP contribution in [0.5, 0.6) is 0 Å². The van der Waals surface area contributed by atoms with E-state index in [1.807, 2.05) is 32.9 Å². The number of nitrogens with zero attached hydrogens (tertiary/aromatic N) is 3. The van der Waals surface area contributed by atoms with Crippen molar-refractivity contribution in [2.75, 3.05) is 26.2 Å². The summed E-state index contributed by atoms with van der Waals surface area (Å²) in [5.74, 6) is -1.18. The van der Waals surface area contributed by atoms with Crippen LogP contribution in [0.3, 0.4) is 0 Å². The molecule has 5 aliphatic rings. The van der Waals surface area contributed by atoms with E-state index in [2.05, 4.69) is 10.2 Å². The summed E-state index contributed by atoms with van der Waals surface area (Å²) in [5.41, 5.74) is 1.77. The molecule has 1 saturated carbocycles. The van der Waals surface area contributed by atoms with Crippen LogP contribution in [-0.2, 0) is 25.6 Å². The molecule has 0 unspecified atom stereocenters. The Balaban J connectivity index is 0.957.